The lowest BCUT2D eigenvalue weighted by molar-refractivity contribution is -0.149. The predicted molar refractivity (Wildman–Crippen MR) is 382 cm³/mol. The highest BCUT2D eigenvalue weighted by molar-refractivity contribution is 14.1. The number of carbonyl (C=O) groups is 12. The van der Waals surface area contributed by atoms with Gasteiger partial charge >= 0.3 is 53.8 Å². The van der Waals surface area contributed by atoms with Crippen LogP contribution in [0.15, 0.2) is 72.8 Å². The highest BCUT2D eigenvalue weighted by Gasteiger charge is 2.43. The molecule has 4 aromatic rings. The zero-order chi connectivity index (χ0) is 76.0. The number of ketones is 2. The number of unbranched alkanes of at least 4 members (excludes halogenated alkanes) is 2. The molecule has 4 aromatic carbocycles. The normalized spacial score (nSPS) is 17.0. The third-order valence-electron chi connectivity index (χ3n) is 15.6. The second kappa shape index (κ2) is 47.0. The lowest BCUT2D eigenvalue weighted by Gasteiger charge is -2.16. The number of nitrogens with two attached hydrogens (primary N) is 2. The van der Waals surface area contributed by atoms with Crippen LogP contribution < -0.4 is 38.4 Å². The summed E-state index contributed by atoms with van der Waals surface area (Å²) in [6.45, 7) is 4.15. The van der Waals surface area contributed by atoms with E-state index in [1.807, 2.05) is 46.1 Å². The van der Waals surface area contributed by atoms with E-state index in [-0.39, 0.29) is 103 Å². The molecule has 0 saturated carbocycles. The minimum atomic E-state index is -1.09. The number of hydrogen-bond donors (Lipinski definition) is 10. The highest BCUT2D eigenvalue weighted by Crippen LogP contribution is 2.34. The first-order valence-electron chi connectivity index (χ1n) is 32.2. The topological polar surface area (TPSA) is 470 Å². The lowest BCUT2D eigenvalue weighted by Crippen LogP contribution is -2.36. The largest absolute Gasteiger partial charge is 0.478 e. The van der Waals surface area contributed by atoms with E-state index in [1.165, 1.54) is 95.2 Å². The molecule has 6 atom stereocenters. The zero-order valence-electron chi connectivity index (χ0n) is 57.7. The molecule has 5 amide bonds. The van der Waals surface area contributed by atoms with Crippen LogP contribution in [0.5, 0.6) is 0 Å². The maximum Gasteiger partial charge on any atom is 0.339 e. The number of anilines is 1. The number of nitrogen functional groups attached to an aromatic ring is 1. The summed E-state index contributed by atoms with van der Waals surface area (Å²) >= 11 is 5.70. The van der Waals surface area contributed by atoms with Crippen molar-refractivity contribution in [1.82, 2.24) is 26.7 Å². The number of carboxylic acid groups (broad SMARTS) is 3. The zero-order valence-corrected chi connectivity index (χ0v) is 61.5. The molecule has 32 nitrogen and oxygen atoms in total. The molecule has 0 spiro atoms. The van der Waals surface area contributed by atoms with E-state index in [4.69, 9.17) is 50.7 Å². The van der Waals surface area contributed by atoms with E-state index in [0.717, 1.165) is 50.0 Å². The van der Waals surface area contributed by atoms with Gasteiger partial charge in [0.2, 0.25) is 0 Å². The van der Waals surface area contributed by atoms with Crippen molar-refractivity contribution < 1.29 is 120 Å². The van der Waals surface area contributed by atoms with Crippen LogP contribution >= 0.6 is 46.1 Å². The summed E-state index contributed by atoms with van der Waals surface area (Å²) in [6, 6.07) is 17.8. The Morgan fingerprint density at radius 1 is 0.495 bits per heavy atom. The maximum atomic E-state index is 12.1. The van der Waals surface area contributed by atoms with Crippen molar-refractivity contribution in [3.8, 4) is 0 Å². The van der Waals surface area contributed by atoms with Gasteiger partial charge in [0.25, 0.3) is 5.91 Å². The van der Waals surface area contributed by atoms with Crippen molar-refractivity contribution in [2.75, 3.05) is 86.1 Å². The molecule has 0 aromatic heterocycles. The number of methoxy groups -OCH3 is 4. The summed E-state index contributed by atoms with van der Waals surface area (Å²) in [5, 5.41) is 38.7. The number of carbonyl (C=O) groups excluding carboxylic acids is 9. The number of esters is 4. The Hall–Kier alpha value is -8.53. The number of Topliss-reactive ketones (excluding diaryl/α,β-unsaturated/α-hetero) is 2. The summed E-state index contributed by atoms with van der Waals surface area (Å²) in [5.74, 6) is 1.65. The van der Waals surface area contributed by atoms with Gasteiger partial charge in [-0.05, 0) is 159 Å². The van der Waals surface area contributed by atoms with E-state index in [1.54, 1.807) is 19.9 Å². The van der Waals surface area contributed by atoms with E-state index in [0.29, 0.717) is 99.2 Å². The van der Waals surface area contributed by atoms with Gasteiger partial charge in [0, 0.05) is 75.7 Å². The number of aromatic carboxylic acids is 3. The van der Waals surface area contributed by atoms with Crippen LogP contribution in [0.2, 0.25) is 0 Å². The summed E-state index contributed by atoms with van der Waals surface area (Å²) < 4.78 is 39.3. The number of hydrogen-bond acceptors (Lipinski definition) is 26. The first-order chi connectivity index (χ1) is 49.3. The molecule has 4 aliphatic rings. The van der Waals surface area contributed by atoms with Gasteiger partial charge in [-0.2, -0.15) is 23.5 Å². The number of urea groups is 2. The van der Waals surface area contributed by atoms with Crippen LogP contribution in [0.1, 0.15) is 171 Å². The maximum absolute atomic E-state index is 12.1. The molecule has 4 aliphatic heterocycles. The van der Waals surface area contributed by atoms with Crippen LogP contribution in [-0.4, -0.2) is 202 Å². The summed E-state index contributed by atoms with van der Waals surface area (Å²) in [5.41, 5.74) is 11.0. The van der Waals surface area contributed by atoms with E-state index in [9.17, 15) is 57.5 Å². The number of carboxylic acids is 3. The third-order valence-corrected chi connectivity index (χ3v) is 19.6. The van der Waals surface area contributed by atoms with Gasteiger partial charge in [0.05, 0.1) is 91.6 Å². The molecule has 8 rings (SSSR count). The quantitative estimate of drug-likeness (QED) is 0.00314. The van der Waals surface area contributed by atoms with Gasteiger partial charge in [0.15, 0.2) is 13.6 Å². The van der Waals surface area contributed by atoms with Gasteiger partial charge in [-0.25, -0.2) is 59.4 Å². The van der Waals surface area contributed by atoms with Crippen molar-refractivity contribution in [1.29, 1.82) is 0 Å². The average molecular weight is 1590 g/mol. The van der Waals surface area contributed by atoms with Crippen LogP contribution in [0.25, 0.3) is 0 Å². The predicted octanol–water partition coefficient (Wildman–Crippen LogP) is 7.38. The average Bonchev–Trinajstić information content (AvgIpc) is 1.75. The second-order valence-electron chi connectivity index (χ2n) is 22.9. The van der Waals surface area contributed by atoms with E-state index in [2.05, 4.69) is 50.5 Å². The molecule has 35 heteroatoms. The Morgan fingerprint density at radius 2 is 0.883 bits per heavy atom. The first-order valence-corrected chi connectivity index (χ1v) is 35.3. The fraction of sp³-hybridized carbons (Fsp3) is 0.471. The molecular weight excluding hydrogens is 1510 g/mol. The highest BCUT2D eigenvalue weighted by atomic mass is 127. The van der Waals surface area contributed by atoms with Crippen LogP contribution in [0, 0.1) is 17.4 Å². The Kier molecular flexibility index (Phi) is 39.6. The van der Waals surface area contributed by atoms with Crippen LogP contribution in [-0.2, 0) is 57.2 Å². The molecule has 0 aliphatic carbocycles. The SMILES string of the molecule is COC(=O)c1ccc(C(=O)NOCOCOCCCC(=O)CCCC[C@H]2SCC3NC(=O)NC32)cc1C.COC(=O)c1ccc(C(=O)O)cc1C.COC(=O)c1ccc(C(=O)O)cc1I.COC(=O)c1ccc(C(=O)O)cc1N.NOCOCOCCCC(=O)CCCC[C@H]1SCC2NC(=O)NC21. The number of ether oxygens (including phenoxy) is 8. The third kappa shape index (κ3) is 30.4. The van der Waals surface area contributed by atoms with Crippen LogP contribution in [0.4, 0.5) is 15.3 Å². The molecule has 0 bridgehead atoms. The van der Waals surface area contributed by atoms with E-state index >= 15 is 0 Å². The number of benzene rings is 4. The van der Waals surface area contributed by atoms with Crippen molar-refractivity contribution >= 4 is 123 Å². The molecule has 4 fully saturated rings. The molecule has 4 saturated heterocycles. The van der Waals surface area contributed by atoms with Crippen molar-refractivity contribution in [3.05, 3.63) is 132 Å². The Labute approximate surface area is 616 Å². The number of hydroxylamine groups is 1. The molecular formula is C68H88IN7O25S2. The Bertz CT molecular complexity index is 3370. The van der Waals surface area contributed by atoms with Crippen LogP contribution in [0.3, 0.4) is 0 Å². The summed E-state index contributed by atoms with van der Waals surface area (Å²) in [7, 11) is 5.09. The van der Waals surface area contributed by atoms with Gasteiger partial charge < -0.3 is 80.2 Å². The van der Waals surface area contributed by atoms with Crippen molar-refractivity contribution in [2.45, 2.75) is 126 Å². The second-order valence-corrected chi connectivity index (χ2v) is 26.6. The number of halogens is 1. The molecule has 564 valence electrons. The van der Waals surface area contributed by atoms with Crippen molar-refractivity contribution in [2.24, 2.45) is 5.90 Å². The fourth-order valence-corrected chi connectivity index (χ4v) is 14.2. The molecule has 4 heterocycles. The Morgan fingerprint density at radius 3 is 1.31 bits per heavy atom. The van der Waals surface area contributed by atoms with Gasteiger partial charge in [-0.1, -0.05) is 12.8 Å². The monoisotopic (exact) mass is 1590 g/mol. The van der Waals surface area contributed by atoms with Gasteiger partial charge in [-0.15, -0.1) is 0 Å². The number of nitrogens with one attached hydrogen (secondary N) is 5. The molecule has 12 N–H and O–H groups in total. The first kappa shape index (κ1) is 86.9. The number of rotatable bonds is 35. The number of fused-ring (bicyclic) bond motifs is 2. The summed E-state index contributed by atoms with van der Waals surface area (Å²) in [6.07, 6.45) is 9.30. The van der Waals surface area contributed by atoms with Gasteiger partial charge in [0.1, 0.15) is 25.2 Å². The minimum Gasteiger partial charge on any atom is -0.478 e. The smallest absolute Gasteiger partial charge is 0.339 e. The minimum absolute atomic E-state index is 0.000439. The lowest BCUT2D eigenvalue weighted by atomic mass is 10.0. The summed E-state index contributed by atoms with van der Waals surface area (Å²) in [4.78, 5) is 145. The standard InChI is InChI=1S/C25H35N3O8S.C15H27N3O5S.C10H10O4.C9H7IO4.C9H9NO4/c1-16-12-17(9-10-19(16)24(31)33-2)23(30)28-36-15-35-14-34-11-5-7-18(29)6-3-4-8-21-22-20(13-37-21)26-25(32)27-22;16-23-10-22-9-21-7-3-5-11(19)4-1-2-6-13-14-12(8-24-13)17-15(20)18-14;1-6-5-7(9(11)12)3-4-8(6)10(13)14-2;2*1-14-9(13)6-3-2-5(8(11)12)4-7(6)10/h9-10,12,20-22H,3-8,11,13-15H2,1-2H3,(H,28,30)(H2,26,27,32);12-14H,1-10,16H2,(H2,17,18,20);3-5H,1-2H3,(H,11,12);2-4H,1H3,(H,11,12);2-4H,10H2,1H3,(H,11,12)/t20?,21-,22?;12?,13-,14?;;;/m11.../s1. The number of aryl methyl sites for hydroxylation is 2. The number of thioether (sulfide) groups is 2. The Balaban J connectivity index is 0.000000292. The molecule has 0 radical (unpaired) electrons. The fourth-order valence-electron chi connectivity index (χ4n) is 10.4. The molecule has 103 heavy (non-hydrogen) atoms. The molecule has 4 unspecified atom stereocenters. The van der Waals surface area contributed by atoms with Crippen molar-refractivity contribution in [3.63, 3.8) is 0 Å². The van der Waals surface area contributed by atoms with E-state index < -0.39 is 47.7 Å². The van der Waals surface area contributed by atoms with Gasteiger partial charge in [-0.3, -0.25) is 19.2 Å². The number of amides is 5.